The first-order chi connectivity index (χ1) is 8.01. The maximum Gasteiger partial charge on any atom is 0.0499 e. The highest BCUT2D eigenvalue weighted by Gasteiger charge is 2.32. The molecule has 0 radical (unpaired) electrons. The monoisotopic (exact) mass is 241 g/mol. The molecule has 1 aliphatic rings. The average molecular weight is 241 g/mol. The molecule has 0 bridgehead atoms. The van der Waals surface area contributed by atoms with Gasteiger partial charge in [0.25, 0.3) is 0 Å². The smallest absolute Gasteiger partial charge is 0.0499 e. The highest BCUT2D eigenvalue weighted by Crippen LogP contribution is 2.35. The lowest BCUT2D eigenvalue weighted by Crippen LogP contribution is -2.43. The van der Waals surface area contributed by atoms with E-state index in [1.54, 1.807) is 0 Å². The van der Waals surface area contributed by atoms with Gasteiger partial charge in [0.1, 0.15) is 0 Å². The van der Waals surface area contributed by atoms with E-state index in [2.05, 4.69) is 32.7 Å². The van der Waals surface area contributed by atoms with Gasteiger partial charge < -0.3 is 10.0 Å². The van der Waals surface area contributed by atoms with Crippen molar-refractivity contribution < 1.29 is 5.11 Å². The molecule has 0 saturated heterocycles. The average Bonchev–Trinajstić information content (AvgIpc) is 2.54. The van der Waals surface area contributed by atoms with Crippen LogP contribution in [-0.4, -0.2) is 36.2 Å². The molecule has 0 aromatic heterocycles. The van der Waals surface area contributed by atoms with Crippen LogP contribution in [0.3, 0.4) is 0 Å². The zero-order valence-electron chi connectivity index (χ0n) is 12.2. The van der Waals surface area contributed by atoms with Gasteiger partial charge in [-0.1, -0.05) is 39.5 Å². The summed E-state index contributed by atoms with van der Waals surface area (Å²) in [6.07, 6.45) is 7.71. The van der Waals surface area contributed by atoms with Gasteiger partial charge >= 0.3 is 0 Å². The molecule has 2 nitrogen and oxygen atoms in total. The lowest BCUT2D eigenvalue weighted by atomic mass is 9.80. The van der Waals surface area contributed by atoms with Crippen LogP contribution in [0.15, 0.2) is 0 Å². The molecule has 0 aliphatic heterocycles. The molecule has 17 heavy (non-hydrogen) atoms. The molecular weight excluding hydrogens is 210 g/mol. The van der Waals surface area contributed by atoms with Gasteiger partial charge in [0.05, 0.1) is 0 Å². The Labute approximate surface area is 107 Å². The highest BCUT2D eigenvalue weighted by atomic mass is 16.3. The summed E-state index contributed by atoms with van der Waals surface area (Å²) in [6, 6.07) is 0.599. The van der Waals surface area contributed by atoms with Crippen molar-refractivity contribution in [3.8, 4) is 0 Å². The minimum absolute atomic E-state index is 0.175. The Hall–Kier alpha value is -0.0800. The lowest BCUT2D eigenvalue weighted by molar-refractivity contribution is 0.0483. The van der Waals surface area contributed by atoms with Crippen molar-refractivity contribution in [2.45, 2.75) is 65.3 Å². The third kappa shape index (κ3) is 4.26. The fourth-order valence-corrected chi connectivity index (χ4v) is 3.03. The molecule has 1 aliphatic carbocycles. The zero-order chi connectivity index (χ0) is 12.9. The van der Waals surface area contributed by atoms with Gasteiger partial charge in [0.2, 0.25) is 0 Å². The van der Waals surface area contributed by atoms with Gasteiger partial charge in [0.15, 0.2) is 0 Å². The molecule has 1 N–H and O–H groups in total. The number of aliphatic hydroxyl groups is 1. The second-order valence-corrected chi connectivity index (χ2v) is 6.47. The Morgan fingerprint density at radius 1 is 1.06 bits per heavy atom. The summed E-state index contributed by atoms with van der Waals surface area (Å²) in [5, 5.41) is 9.81. The minimum Gasteiger partial charge on any atom is -0.396 e. The van der Waals surface area contributed by atoms with Crippen molar-refractivity contribution in [3.63, 3.8) is 0 Å². The summed E-state index contributed by atoms with van der Waals surface area (Å²) >= 11 is 0. The third-order valence-electron chi connectivity index (χ3n) is 4.74. The standard InChI is InChI=1S/C15H31NO/c1-13(2)14(3)16(4)11-15(12-17)9-7-5-6-8-10-15/h13-14,17H,5-12H2,1-4H3. The van der Waals surface area contributed by atoms with Crippen LogP contribution in [0.2, 0.25) is 0 Å². The molecule has 1 unspecified atom stereocenters. The second kappa shape index (κ2) is 6.75. The first-order valence-corrected chi connectivity index (χ1v) is 7.32. The molecule has 0 heterocycles. The maximum atomic E-state index is 9.81. The SMILES string of the molecule is CC(C)C(C)N(C)CC1(CO)CCCCCC1. The number of aliphatic hydroxyl groups excluding tert-OH is 1. The van der Waals surface area contributed by atoms with Crippen molar-refractivity contribution in [3.05, 3.63) is 0 Å². The van der Waals surface area contributed by atoms with Crippen LogP contribution >= 0.6 is 0 Å². The van der Waals surface area contributed by atoms with Crippen LogP contribution in [0.1, 0.15) is 59.3 Å². The Morgan fingerprint density at radius 2 is 1.59 bits per heavy atom. The molecule has 1 saturated carbocycles. The van der Waals surface area contributed by atoms with Gasteiger partial charge in [-0.05, 0) is 32.7 Å². The van der Waals surface area contributed by atoms with Gasteiger partial charge in [-0.2, -0.15) is 0 Å². The number of nitrogens with zero attached hydrogens (tertiary/aromatic N) is 1. The Bertz CT molecular complexity index is 207. The molecule has 1 rings (SSSR count). The quantitative estimate of drug-likeness (QED) is 0.747. The summed E-state index contributed by atoms with van der Waals surface area (Å²) in [7, 11) is 2.22. The number of hydrogen-bond donors (Lipinski definition) is 1. The first-order valence-electron chi connectivity index (χ1n) is 7.32. The van der Waals surface area contributed by atoms with E-state index >= 15 is 0 Å². The molecule has 1 atom stereocenters. The van der Waals surface area contributed by atoms with Gasteiger partial charge in [-0.3, -0.25) is 0 Å². The number of rotatable bonds is 5. The third-order valence-corrected chi connectivity index (χ3v) is 4.74. The topological polar surface area (TPSA) is 23.5 Å². The summed E-state index contributed by atoms with van der Waals surface area (Å²) < 4.78 is 0. The lowest BCUT2D eigenvalue weighted by Gasteiger charge is -2.38. The normalized spacial score (nSPS) is 22.8. The van der Waals surface area contributed by atoms with E-state index in [1.807, 2.05) is 0 Å². The fourth-order valence-electron chi connectivity index (χ4n) is 3.03. The van der Waals surface area contributed by atoms with E-state index in [0.29, 0.717) is 18.6 Å². The predicted molar refractivity (Wildman–Crippen MR) is 74.2 cm³/mol. The molecule has 0 aromatic carbocycles. The molecular formula is C15H31NO. The van der Waals surface area contributed by atoms with E-state index in [4.69, 9.17) is 0 Å². The van der Waals surface area contributed by atoms with Crippen LogP contribution in [0.4, 0.5) is 0 Å². The van der Waals surface area contributed by atoms with Gasteiger partial charge in [-0.15, -0.1) is 0 Å². The van der Waals surface area contributed by atoms with Crippen LogP contribution in [-0.2, 0) is 0 Å². The van der Waals surface area contributed by atoms with Crippen molar-refractivity contribution >= 4 is 0 Å². The zero-order valence-corrected chi connectivity index (χ0v) is 12.2. The highest BCUT2D eigenvalue weighted by molar-refractivity contribution is 4.85. The van der Waals surface area contributed by atoms with E-state index in [9.17, 15) is 5.11 Å². The van der Waals surface area contributed by atoms with E-state index in [-0.39, 0.29) is 5.41 Å². The van der Waals surface area contributed by atoms with E-state index in [0.717, 1.165) is 6.54 Å². The molecule has 0 amide bonds. The van der Waals surface area contributed by atoms with Crippen LogP contribution in [0.25, 0.3) is 0 Å². The van der Waals surface area contributed by atoms with E-state index in [1.165, 1.54) is 38.5 Å². The first kappa shape index (κ1) is 15.0. The summed E-state index contributed by atoms with van der Waals surface area (Å²) in [5.74, 6) is 0.682. The summed E-state index contributed by atoms with van der Waals surface area (Å²) in [4.78, 5) is 2.45. The van der Waals surface area contributed by atoms with Crippen molar-refractivity contribution in [2.24, 2.45) is 11.3 Å². The summed E-state index contributed by atoms with van der Waals surface area (Å²) in [5.41, 5.74) is 0.175. The fraction of sp³-hybridized carbons (Fsp3) is 1.00. The Kier molecular flexibility index (Phi) is 5.94. The number of hydrogen-bond acceptors (Lipinski definition) is 2. The Morgan fingerprint density at radius 3 is 2.00 bits per heavy atom. The predicted octanol–water partition coefficient (Wildman–Crippen LogP) is 3.30. The van der Waals surface area contributed by atoms with Gasteiger partial charge in [0, 0.05) is 24.6 Å². The molecule has 2 heteroatoms. The minimum atomic E-state index is 0.175. The largest absolute Gasteiger partial charge is 0.396 e. The van der Waals surface area contributed by atoms with Crippen molar-refractivity contribution in [1.82, 2.24) is 4.90 Å². The summed E-state index contributed by atoms with van der Waals surface area (Å²) in [6.45, 7) is 8.28. The van der Waals surface area contributed by atoms with Crippen LogP contribution < -0.4 is 0 Å². The van der Waals surface area contributed by atoms with Crippen LogP contribution in [0.5, 0.6) is 0 Å². The molecule has 0 spiro atoms. The molecule has 0 aromatic rings. The second-order valence-electron chi connectivity index (χ2n) is 6.47. The molecule has 1 fully saturated rings. The Balaban J connectivity index is 2.60. The molecule has 102 valence electrons. The maximum absolute atomic E-state index is 9.81. The van der Waals surface area contributed by atoms with E-state index < -0.39 is 0 Å². The van der Waals surface area contributed by atoms with Crippen molar-refractivity contribution in [1.29, 1.82) is 0 Å². The van der Waals surface area contributed by atoms with Gasteiger partial charge in [-0.25, -0.2) is 0 Å². The van der Waals surface area contributed by atoms with Crippen LogP contribution in [0, 0.1) is 11.3 Å². The van der Waals surface area contributed by atoms with Crippen molar-refractivity contribution in [2.75, 3.05) is 20.2 Å².